The molecule has 0 aliphatic carbocycles. The number of nitrogens with zero attached hydrogens (tertiary/aromatic N) is 1. The van der Waals surface area contributed by atoms with Crippen LogP contribution in [0.2, 0.25) is 0 Å². The summed E-state index contributed by atoms with van der Waals surface area (Å²) in [6.07, 6.45) is 2.18. The van der Waals surface area contributed by atoms with E-state index in [2.05, 4.69) is 15.6 Å². The Morgan fingerprint density at radius 2 is 1.76 bits per heavy atom. The van der Waals surface area contributed by atoms with Gasteiger partial charge in [0.1, 0.15) is 16.9 Å². The maximum Gasteiger partial charge on any atom is 0.253 e. The molecule has 0 aliphatic rings. The molecule has 0 radical (unpaired) electrons. The van der Waals surface area contributed by atoms with Gasteiger partial charge in [-0.2, -0.15) is 0 Å². The molecule has 1 heterocycles. The molecule has 0 unspecified atom stereocenters. The van der Waals surface area contributed by atoms with Crippen LogP contribution in [0.3, 0.4) is 0 Å². The van der Waals surface area contributed by atoms with Crippen molar-refractivity contribution in [3.05, 3.63) is 74.9 Å². The maximum atomic E-state index is 12.0. The Morgan fingerprint density at radius 1 is 1.00 bits per heavy atom. The van der Waals surface area contributed by atoms with E-state index in [-0.39, 0.29) is 11.4 Å². The monoisotopic (exact) mass is 333 g/mol. The molecule has 25 heavy (non-hydrogen) atoms. The summed E-state index contributed by atoms with van der Waals surface area (Å²) >= 11 is 0. The Labute approximate surface area is 142 Å². The zero-order valence-corrected chi connectivity index (χ0v) is 13.5. The number of aryl methyl sites for hydroxylation is 1. The molecule has 0 saturated heterocycles. The summed E-state index contributed by atoms with van der Waals surface area (Å²) in [5, 5.41) is 6.10. The second-order valence-electron chi connectivity index (χ2n) is 5.70. The minimum atomic E-state index is -0.533. The lowest BCUT2D eigenvalue weighted by Crippen LogP contribution is -2.35. The third-order valence-electron chi connectivity index (χ3n) is 4.17. The van der Waals surface area contributed by atoms with Crippen molar-refractivity contribution in [2.45, 2.75) is 13.3 Å². The second kappa shape index (κ2) is 5.90. The first-order valence-electron chi connectivity index (χ1n) is 7.96. The van der Waals surface area contributed by atoms with E-state index < -0.39 is 10.9 Å². The molecule has 4 rings (SSSR count). The summed E-state index contributed by atoms with van der Waals surface area (Å²) in [4.78, 5) is 28.0. The lowest BCUT2D eigenvalue weighted by Gasteiger charge is -2.16. The molecule has 2 N–H and O–H groups in total. The standard InChI is InChI=1S/C19H15N3O3/c1-2-11-5-3-4-6-13(11)22-17-16(18(23)19(17)24)21-12-7-8-14-15(9-12)25-10-20-14/h3-10,21-22H,2H2,1H3. The number of hydrogen-bond acceptors (Lipinski definition) is 6. The normalized spacial score (nSPS) is 11.1. The number of fused-ring (bicyclic) bond motifs is 1. The molecule has 0 amide bonds. The van der Waals surface area contributed by atoms with Crippen LogP contribution >= 0.6 is 0 Å². The first-order chi connectivity index (χ1) is 12.2. The van der Waals surface area contributed by atoms with Crippen LogP contribution in [-0.4, -0.2) is 4.98 Å². The van der Waals surface area contributed by atoms with Gasteiger partial charge in [-0.1, -0.05) is 25.1 Å². The largest absolute Gasteiger partial charge is 0.443 e. The van der Waals surface area contributed by atoms with Gasteiger partial charge in [-0.05, 0) is 30.2 Å². The van der Waals surface area contributed by atoms with Crippen LogP contribution < -0.4 is 21.5 Å². The number of para-hydroxylation sites is 1. The number of rotatable bonds is 5. The highest BCUT2D eigenvalue weighted by molar-refractivity contribution is 5.85. The number of aromatic nitrogens is 1. The Kier molecular flexibility index (Phi) is 3.57. The molecule has 0 fully saturated rings. The van der Waals surface area contributed by atoms with Crippen molar-refractivity contribution in [1.82, 2.24) is 4.98 Å². The Balaban J connectivity index is 1.66. The van der Waals surface area contributed by atoms with Crippen molar-refractivity contribution in [2.75, 3.05) is 10.6 Å². The molecular weight excluding hydrogens is 318 g/mol. The van der Waals surface area contributed by atoms with Gasteiger partial charge in [-0.3, -0.25) is 9.59 Å². The lowest BCUT2D eigenvalue weighted by molar-refractivity contribution is 0.602. The molecule has 0 saturated carbocycles. The number of oxazole rings is 1. The molecule has 0 spiro atoms. The van der Waals surface area contributed by atoms with Crippen molar-refractivity contribution < 1.29 is 4.42 Å². The molecule has 6 nitrogen and oxygen atoms in total. The van der Waals surface area contributed by atoms with Crippen LogP contribution in [0.4, 0.5) is 22.7 Å². The van der Waals surface area contributed by atoms with Gasteiger partial charge in [-0.25, -0.2) is 4.98 Å². The summed E-state index contributed by atoms with van der Waals surface area (Å²) < 4.78 is 5.26. The highest BCUT2D eigenvalue weighted by atomic mass is 16.3. The zero-order chi connectivity index (χ0) is 17.4. The van der Waals surface area contributed by atoms with Crippen molar-refractivity contribution >= 4 is 33.8 Å². The van der Waals surface area contributed by atoms with Crippen molar-refractivity contribution in [1.29, 1.82) is 0 Å². The molecular formula is C19H15N3O3. The maximum absolute atomic E-state index is 12.0. The summed E-state index contributed by atoms with van der Waals surface area (Å²) in [6.45, 7) is 2.04. The molecule has 1 aromatic heterocycles. The topological polar surface area (TPSA) is 84.2 Å². The predicted octanol–water partition coefficient (Wildman–Crippen LogP) is 3.47. The van der Waals surface area contributed by atoms with Crippen LogP contribution in [0.15, 0.2) is 62.9 Å². The van der Waals surface area contributed by atoms with E-state index in [4.69, 9.17) is 4.42 Å². The van der Waals surface area contributed by atoms with E-state index in [1.807, 2.05) is 31.2 Å². The van der Waals surface area contributed by atoms with Gasteiger partial charge in [-0.15, -0.1) is 0 Å². The summed E-state index contributed by atoms with van der Waals surface area (Å²) in [5.74, 6) is 0. The average Bonchev–Trinajstić information content (AvgIpc) is 3.12. The molecule has 0 atom stereocenters. The number of benzene rings is 2. The van der Waals surface area contributed by atoms with E-state index in [0.717, 1.165) is 23.2 Å². The summed E-state index contributed by atoms with van der Waals surface area (Å²) in [7, 11) is 0. The molecule has 4 aromatic rings. The van der Waals surface area contributed by atoms with Crippen molar-refractivity contribution in [3.63, 3.8) is 0 Å². The lowest BCUT2D eigenvalue weighted by atomic mass is 10.1. The molecule has 6 heteroatoms. The SMILES string of the molecule is CCc1ccccc1Nc1c(Nc2ccc3ncoc3c2)c(=O)c1=O. The smallest absolute Gasteiger partial charge is 0.253 e. The fourth-order valence-electron chi connectivity index (χ4n) is 2.79. The molecule has 0 bridgehead atoms. The minimum absolute atomic E-state index is 0.259. The first kappa shape index (κ1) is 15.1. The Morgan fingerprint density at radius 3 is 2.56 bits per heavy atom. The van der Waals surface area contributed by atoms with Crippen LogP contribution in [-0.2, 0) is 6.42 Å². The predicted molar refractivity (Wildman–Crippen MR) is 97.7 cm³/mol. The quantitative estimate of drug-likeness (QED) is 0.544. The number of hydrogen-bond donors (Lipinski definition) is 2. The van der Waals surface area contributed by atoms with Gasteiger partial charge in [0.15, 0.2) is 12.0 Å². The van der Waals surface area contributed by atoms with Gasteiger partial charge >= 0.3 is 0 Å². The zero-order valence-electron chi connectivity index (χ0n) is 13.5. The van der Waals surface area contributed by atoms with E-state index in [0.29, 0.717) is 11.3 Å². The van der Waals surface area contributed by atoms with E-state index in [9.17, 15) is 9.59 Å². The van der Waals surface area contributed by atoms with Crippen LogP contribution in [0, 0.1) is 0 Å². The fourth-order valence-corrected chi connectivity index (χ4v) is 2.79. The van der Waals surface area contributed by atoms with Crippen LogP contribution in [0.1, 0.15) is 12.5 Å². The van der Waals surface area contributed by atoms with E-state index in [1.54, 1.807) is 18.2 Å². The summed E-state index contributed by atoms with van der Waals surface area (Å²) in [5.41, 5.74) is 3.38. The van der Waals surface area contributed by atoms with E-state index in [1.165, 1.54) is 6.39 Å². The highest BCUT2D eigenvalue weighted by Gasteiger charge is 2.22. The van der Waals surface area contributed by atoms with Crippen LogP contribution in [0.25, 0.3) is 11.1 Å². The average molecular weight is 333 g/mol. The fraction of sp³-hybridized carbons (Fsp3) is 0.105. The van der Waals surface area contributed by atoms with E-state index >= 15 is 0 Å². The highest BCUT2D eigenvalue weighted by Crippen LogP contribution is 2.27. The Bertz CT molecular complexity index is 1140. The van der Waals surface area contributed by atoms with Crippen LogP contribution in [0.5, 0.6) is 0 Å². The third kappa shape index (κ3) is 2.57. The summed E-state index contributed by atoms with van der Waals surface area (Å²) in [6, 6.07) is 13.0. The molecule has 124 valence electrons. The van der Waals surface area contributed by atoms with Gasteiger partial charge in [0.25, 0.3) is 10.9 Å². The third-order valence-corrected chi connectivity index (χ3v) is 4.17. The molecule has 0 aliphatic heterocycles. The van der Waals surface area contributed by atoms with Crippen molar-refractivity contribution in [3.8, 4) is 0 Å². The van der Waals surface area contributed by atoms with Gasteiger partial charge in [0, 0.05) is 17.4 Å². The van der Waals surface area contributed by atoms with Gasteiger partial charge < -0.3 is 15.1 Å². The van der Waals surface area contributed by atoms with Crippen molar-refractivity contribution in [2.24, 2.45) is 0 Å². The number of anilines is 4. The van der Waals surface area contributed by atoms with Gasteiger partial charge in [0.05, 0.1) is 0 Å². The second-order valence-corrected chi connectivity index (χ2v) is 5.70. The number of nitrogens with one attached hydrogen (secondary N) is 2. The molecule has 3 aromatic carbocycles. The first-order valence-corrected chi connectivity index (χ1v) is 7.96. The minimum Gasteiger partial charge on any atom is -0.443 e. The Hall–Kier alpha value is -3.41. The van der Waals surface area contributed by atoms with Gasteiger partial charge in [0.2, 0.25) is 0 Å².